The molecule has 16 heavy (non-hydrogen) atoms. The molecule has 0 aromatic rings. The zero-order valence-corrected chi connectivity index (χ0v) is 10.5. The maximum absolute atomic E-state index is 12.3. The Hall–Kier alpha value is -0.370. The third kappa shape index (κ3) is 2.85. The van der Waals surface area contributed by atoms with E-state index in [1.54, 1.807) is 0 Å². The van der Waals surface area contributed by atoms with Gasteiger partial charge in [-0.1, -0.05) is 32.1 Å². The van der Waals surface area contributed by atoms with Gasteiger partial charge in [-0.25, -0.2) is 0 Å². The summed E-state index contributed by atoms with van der Waals surface area (Å²) >= 11 is 0. The second kappa shape index (κ2) is 5.31. The number of rotatable bonds is 3. The number of hydrogen-bond donors (Lipinski definition) is 0. The van der Waals surface area contributed by atoms with Gasteiger partial charge in [0.05, 0.1) is 0 Å². The highest BCUT2D eigenvalue weighted by Crippen LogP contribution is 2.32. The zero-order valence-electron chi connectivity index (χ0n) is 10.5. The minimum Gasteiger partial charge on any atom is -0.368 e. The van der Waals surface area contributed by atoms with Crippen molar-refractivity contribution in [3.63, 3.8) is 0 Å². The van der Waals surface area contributed by atoms with E-state index in [0.717, 1.165) is 32.3 Å². The first kappa shape index (κ1) is 12.1. The van der Waals surface area contributed by atoms with E-state index in [-0.39, 0.29) is 0 Å². The molecule has 0 bridgehead atoms. The number of carbonyl (C=O) groups is 1. The van der Waals surface area contributed by atoms with Crippen molar-refractivity contribution in [1.82, 2.24) is 0 Å². The summed E-state index contributed by atoms with van der Waals surface area (Å²) in [5, 5.41) is 0. The molecule has 0 aromatic carbocycles. The summed E-state index contributed by atoms with van der Waals surface area (Å²) in [6, 6.07) is 0. The lowest BCUT2D eigenvalue weighted by molar-refractivity contribution is -0.149. The van der Waals surface area contributed by atoms with Crippen LogP contribution in [0.1, 0.15) is 64.7 Å². The standard InChI is InChI=1S/C14H24O2/c1-14(9-5-6-10-16-14)13(15)11-12-7-3-2-4-8-12/h12H,2-11H2,1H3. The van der Waals surface area contributed by atoms with E-state index in [4.69, 9.17) is 4.74 Å². The lowest BCUT2D eigenvalue weighted by Crippen LogP contribution is -2.42. The predicted molar refractivity (Wildman–Crippen MR) is 64.4 cm³/mol. The minimum absolute atomic E-state index is 0.360. The lowest BCUT2D eigenvalue weighted by Gasteiger charge is -2.34. The van der Waals surface area contributed by atoms with Crippen molar-refractivity contribution >= 4 is 5.78 Å². The largest absolute Gasteiger partial charge is 0.368 e. The molecule has 1 unspecified atom stereocenters. The summed E-state index contributed by atoms with van der Waals surface area (Å²) < 4.78 is 5.72. The number of ketones is 1. The van der Waals surface area contributed by atoms with Crippen LogP contribution in [0.2, 0.25) is 0 Å². The molecule has 1 aliphatic carbocycles. The second-order valence-electron chi connectivity index (χ2n) is 5.67. The molecule has 0 aromatic heterocycles. The van der Waals surface area contributed by atoms with Gasteiger partial charge in [0.25, 0.3) is 0 Å². The maximum atomic E-state index is 12.3. The molecule has 1 atom stereocenters. The van der Waals surface area contributed by atoms with Gasteiger partial charge in [0.15, 0.2) is 5.78 Å². The zero-order chi connectivity index (χ0) is 11.4. The van der Waals surface area contributed by atoms with Crippen LogP contribution in [0.15, 0.2) is 0 Å². The fourth-order valence-electron chi connectivity index (χ4n) is 3.02. The van der Waals surface area contributed by atoms with Crippen LogP contribution in [-0.2, 0) is 9.53 Å². The first-order chi connectivity index (χ1) is 7.71. The van der Waals surface area contributed by atoms with Gasteiger partial charge in [0.2, 0.25) is 0 Å². The Kier molecular flexibility index (Phi) is 4.01. The highest BCUT2D eigenvalue weighted by atomic mass is 16.5. The van der Waals surface area contributed by atoms with E-state index in [1.807, 2.05) is 6.92 Å². The molecule has 0 radical (unpaired) electrons. The molecule has 0 N–H and O–H groups in total. The van der Waals surface area contributed by atoms with Gasteiger partial charge in [-0.3, -0.25) is 4.79 Å². The van der Waals surface area contributed by atoms with Crippen LogP contribution in [0, 0.1) is 5.92 Å². The second-order valence-corrected chi connectivity index (χ2v) is 5.67. The van der Waals surface area contributed by atoms with Gasteiger partial charge < -0.3 is 4.74 Å². The molecule has 1 saturated heterocycles. The Labute approximate surface area is 98.7 Å². The molecule has 2 nitrogen and oxygen atoms in total. The Morgan fingerprint density at radius 1 is 1.19 bits per heavy atom. The fraction of sp³-hybridized carbons (Fsp3) is 0.929. The van der Waals surface area contributed by atoms with Crippen molar-refractivity contribution in [2.75, 3.05) is 6.61 Å². The number of Topliss-reactive ketones (excluding diaryl/α,β-unsaturated/α-hetero) is 1. The van der Waals surface area contributed by atoms with E-state index in [2.05, 4.69) is 0 Å². The highest BCUT2D eigenvalue weighted by molar-refractivity contribution is 5.87. The number of carbonyl (C=O) groups excluding carboxylic acids is 1. The Morgan fingerprint density at radius 3 is 2.56 bits per heavy atom. The van der Waals surface area contributed by atoms with Gasteiger partial charge in [-0.15, -0.1) is 0 Å². The molecule has 2 heteroatoms. The van der Waals surface area contributed by atoms with E-state index < -0.39 is 5.60 Å². The van der Waals surface area contributed by atoms with Crippen LogP contribution in [0.5, 0.6) is 0 Å². The van der Waals surface area contributed by atoms with Crippen LogP contribution in [0.3, 0.4) is 0 Å². The average molecular weight is 224 g/mol. The van der Waals surface area contributed by atoms with Gasteiger partial charge in [-0.2, -0.15) is 0 Å². The normalized spacial score (nSPS) is 32.6. The molecule has 1 saturated carbocycles. The van der Waals surface area contributed by atoms with Gasteiger partial charge >= 0.3 is 0 Å². The van der Waals surface area contributed by atoms with Crippen molar-refractivity contribution in [2.45, 2.75) is 70.3 Å². The van der Waals surface area contributed by atoms with Crippen molar-refractivity contribution in [3.05, 3.63) is 0 Å². The molecular weight excluding hydrogens is 200 g/mol. The van der Waals surface area contributed by atoms with Crippen LogP contribution >= 0.6 is 0 Å². The molecule has 1 aliphatic heterocycles. The van der Waals surface area contributed by atoms with E-state index >= 15 is 0 Å². The summed E-state index contributed by atoms with van der Waals surface area (Å²) in [7, 11) is 0. The predicted octanol–water partition coefficient (Wildman–Crippen LogP) is 3.49. The van der Waals surface area contributed by atoms with Crippen LogP contribution in [0.25, 0.3) is 0 Å². The molecule has 2 rings (SSSR count). The van der Waals surface area contributed by atoms with Gasteiger partial charge in [0.1, 0.15) is 5.60 Å². The fourth-order valence-corrected chi connectivity index (χ4v) is 3.02. The summed E-state index contributed by atoms with van der Waals surface area (Å²) in [4.78, 5) is 12.3. The average Bonchev–Trinajstić information content (AvgIpc) is 2.31. The smallest absolute Gasteiger partial charge is 0.164 e. The third-order valence-electron chi connectivity index (χ3n) is 4.26. The maximum Gasteiger partial charge on any atom is 0.164 e. The minimum atomic E-state index is -0.449. The molecule has 2 aliphatic rings. The van der Waals surface area contributed by atoms with Crippen molar-refractivity contribution in [1.29, 1.82) is 0 Å². The number of hydrogen-bond acceptors (Lipinski definition) is 2. The monoisotopic (exact) mass is 224 g/mol. The summed E-state index contributed by atoms with van der Waals surface area (Å²) in [6.07, 6.45) is 10.4. The van der Waals surface area contributed by atoms with Gasteiger partial charge in [-0.05, 0) is 32.1 Å². The Bertz CT molecular complexity index is 235. The summed E-state index contributed by atoms with van der Waals surface area (Å²) in [5.41, 5.74) is -0.449. The van der Waals surface area contributed by atoms with E-state index in [0.29, 0.717) is 11.7 Å². The topological polar surface area (TPSA) is 26.3 Å². The van der Waals surface area contributed by atoms with Crippen molar-refractivity contribution < 1.29 is 9.53 Å². The molecule has 92 valence electrons. The Morgan fingerprint density at radius 2 is 1.94 bits per heavy atom. The van der Waals surface area contributed by atoms with E-state index in [1.165, 1.54) is 32.1 Å². The summed E-state index contributed by atoms with van der Waals surface area (Å²) in [6.45, 7) is 2.77. The lowest BCUT2D eigenvalue weighted by atomic mass is 9.81. The van der Waals surface area contributed by atoms with Crippen molar-refractivity contribution in [2.24, 2.45) is 5.92 Å². The molecule has 1 heterocycles. The molecular formula is C14H24O2. The number of ether oxygens (including phenoxy) is 1. The first-order valence-corrected chi connectivity index (χ1v) is 6.88. The molecule has 2 fully saturated rings. The Balaban J connectivity index is 1.85. The highest BCUT2D eigenvalue weighted by Gasteiger charge is 2.36. The quantitative estimate of drug-likeness (QED) is 0.733. The van der Waals surface area contributed by atoms with Gasteiger partial charge in [0, 0.05) is 13.0 Å². The first-order valence-electron chi connectivity index (χ1n) is 6.88. The SMILES string of the molecule is CC1(C(=O)CC2CCCCC2)CCCCO1. The van der Waals surface area contributed by atoms with Crippen molar-refractivity contribution in [3.8, 4) is 0 Å². The van der Waals surface area contributed by atoms with Crippen LogP contribution in [0.4, 0.5) is 0 Å². The molecule has 0 spiro atoms. The molecule has 0 amide bonds. The summed E-state index contributed by atoms with van der Waals surface area (Å²) in [5.74, 6) is 1.00. The van der Waals surface area contributed by atoms with Crippen LogP contribution < -0.4 is 0 Å². The van der Waals surface area contributed by atoms with E-state index in [9.17, 15) is 4.79 Å². The third-order valence-corrected chi connectivity index (χ3v) is 4.26. The van der Waals surface area contributed by atoms with Crippen LogP contribution in [-0.4, -0.2) is 18.0 Å².